The lowest BCUT2D eigenvalue weighted by molar-refractivity contribution is -0.119. The van der Waals surface area contributed by atoms with E-state index >= 15 is 0 Å². The number of anilines is 1. The van der Waals surface area contributed by atoms with E-state index in [-0.39, 0.29) is 36.6 Å². The first-order valence-corrected chi connectivity index (χ1v) is 8.75. The van der Waals surface area contributed by atoms with Gasteiger partial charge in [-0.3, -0.25) is 9.69 Å². The topological polar surface area (TPSA) is 76.8 Å². The molecule has 1 atom stereocenters. The van der Waals surface area contributed by atoms with Crippen LogP contribution in [0.5, 0.6) is 0 Å². The zero-order chi connectivity index (χ0) is 16.8. The van der Waals surface area contributed by atoms with E-state index in [0.29, 0.717) is 13.2 Å². The van der Waals surface area contributed by atoms with Gasteiger partial charge >= 0.3 is 0 Å². The molecule has 1 aromatic carbocycles. The first-order valence-electron chi connectivity index (χ1n) is 8.75. The van der Waals surface area contributed by atoms with Crippen molar-refractivity contribution in [1.29, 1.82) is 0 Å². The summed E-state index contributed by atoms with van der Waals surface area (Å²) in [6.45, 7) is 5.74. The van der Waals surface area contributed by atoms with Crippen LogP contribution in [0.2, 0.25) is 0 Å². The summed E-state index contributed by atoms with van der Waals surface area (Å²) < 4.78 is 10.7. The number of rotatable bonds is 5. The van der Waals surface area contributed by atoms with E-state index in [4.69, 9.17) is 15.2 Å². The molecule has 8 heteroatoms. The number of nitrogens with zero attached hydrogens (tertiary/aromatic N) is 1. The fourth-order valence-corrected chi connectivity index (χ4v) is 3.28. The van der Waals surface area contributed by atoms with E-state index < -0.39 is 6.04 Å². The van der Waals surface area contributed by atoms with Gasteiger partial charge in [-0.05, 0) is 36.5 Å². The quantitative estimate of drug-likeness (QED) is 0.783. The van der Waals surface area contributed by atoms with Gasteiger partial charge < -0.3 is 20.5 Å². The number of hydrogen-bond donors (Lipinski definition) is 2. The van der Waals surface area contributed by atoms with Crippen LogP contribution in [0.15, 0.2) is 24.3 Å². The van der Waals surface area contributed by atoms with Crippen molar-refractivity contribution in [3.63, 3.8) is 0 Å². The van der Waals surface area contributed by atoms with E-state index in [1.807, 2.05) is 18.2 Å². The van der Waals surface area contributed by atoms with E-state index in [0.717, 1.165) is 51.4 Å². The number of nitrogens with one attached hydrogen (secondary N) is 1. The zero-order valence-corrected chi connectivity index (χ0v) is 16.5. The highest BCUT2D eigenvalue weighted by molar-refractivity contribution is 5.94. The number of benzene rings is 1. The normalized spacial score (nSPS) is 19.7. The average molecular weight is 406 g/mol. The molecule has 3 N–H and O–H groups in total. The smallest absolute Gasteiger partial charge is 0.241 e. The van der Waals surface area contributed by atoms with E-state index in [9.17, 15) is 4.79 Å². The second kappa shape index (κ2) is 11.7. The summed E-state index contributed by atoms with van der Waals surface area (Å²) in [5.74, 6) is 0.0979. The molecule has 1 amide bonds. The Morgan fingerprint density at radius 1 is 1.15 bits per heavy atom. The van der Waals surface area contributed by atoms with Crippen LogP contribution in [0, 0.1) is 5.92 Å². The van der Waals surface area contributed by atoms with E-state index in [2.05, 4.69) is 16.3 Å². The highest BCUT2D eigenvalue weighted by Crippen LogP contribution is 2.19. The Hall–Kier alpha value is -0.890. The molecule has 1 unspecified atom stereocenters. The van der Waals surface area contributed by atoms with Gasteiger partial charge in [0.15, 0.2) is 0 Å². The van der Waals surface area contributed by atoms with Gasteiger partial charge in [-0.1, -0.05) is 12.1 Å². The van der Waals surface area contributed by atoms with Gasteiger partial charge in [-0.15, -0.1) is 24.8 Å². The number of halogens is 2. The van der Waals surface area contributed by atoms with E-state index in [1.54, 1.807) is 0 Å². The van der Waals surface area contributed by atoms with Crippen molar-refractivity contribution >= 4 is 36.4 Å². The Labute approximate surface area is 167 Å². The molecule has 0 saturated carbocycles. The third-order valence-corrected chi connectivity index (χ3v) is 4.78. The van der Waals surface area contributed by atoms with Gasteiger partial charge in [-0.2, -0.15) is 0 Å². The van der Waals surface area contributed by atoms with Crippen LogP contribution in [0.4, 0.5) is 5.69 Å². The molecule has 2 aliphatic rings. The number of ether oxygens (including phenoxy) is 2. The standard InChI is InChI=1S/C18H27N3O3.2ClH/c19-17(15-4-8-23-9-5-15)18(22)20-16-3-1-2-14(12-16)13-21-6-10-24-11-7-21;;/h1-3,12,15,17H,4-11,13,19H2,(H,20,22);2*1H. The summed E-state index contributed by atoms with van der Waals surface area (Å²) in [7, 11) is 0. The third kappa shape index (κ3) is 6.68. The Morgan fingerprint density at radius 2 is 1.81 bits per heavy atom. The second-order valence-corrected chi connectivity index (χ2v) is 6.55. The van der Waals surface area contributed by atoms with Crippen LogP contribution in [-0.2, 0) is 20.8 Å². The fraction of sp³-hybridized carbons (Fsp3) is 0.611. The molecule has 2 heterocycles. The maximum atomic E-state index is 12.4. The first-order chi connectivity index (χ1) is 11.7. The lowest BCUT2D eigenvalue weighted by Gasteiger charge is -2.27. The van der Waals surface area contributed by atoms with Crippen LogP contribution in [0.3, 0.4) is 0 Å². The molecule has 0 radical (unpaired) electrons. The summed E-state index contributed by atoms with van der Waals surface area (Å²) in [5, 5.41) is 2.97. The molecule has 148 valence electrons. The average Bonchev–Trinajstić information content (AvgIpc) is 2.63. The van der Waals surface area contributed by atoms with Crippen LogP contribution in [-0.4, -0.2) is 56.4 Å². The minimum atomic E-state index is -0.475. The van der Waals surface area contributed by atoms with Gasteiger partial charge in [0.05, 0.1) is 19.3 Å². The molecular weight excluding hydrogens is 377 g/mol. The number of amides is 1. The summed E-state index contributed by atoms with van der Waals surface area (Å²) in [6, 6.07) is 7.54. The maximum absolute atomic E-state index is 12.4. The zero-order valence-electron chi connectivity index (χ0n) is 14.9. The van der Waals surface area contributed by atoms with Gasteiger partial charge in [0.2, 0.25) is 5.91 Å². The Bertz CT molecular complexity index is 550. The van der Waals surface area contributed by atoms with Crippen molar-refractivity contribution in [3.8, 4) is 0 Å². The molecule has 2 saturated heterocycles. The maximum Gasteiger partial charge on any atom is 0.241 e. The molecule has 26 heavy (non-hydrogen) atoms. The number of hydrogen-bond acceptors (Lipinski definition) is 5. The predicted molar refractivity (Wildman–Crippen MR) is 107 cm³/mol. The molecule has 2 aliphatic heterocycles. The summed E-state index contributed by atoms with van der Waals surface area (Å²) in [5.41, 5.74) is 8.14. The molecule has 0 bridgehead atoms. The molecule has 0 aliphatic carbocycles. The van der Waals surface area contributed by atoms with Crippen molar-refractivity contribution in [2.24, 2.45) is 11.7 Å². The Morgan fingerprint density at radius 3 is 2.50 bits per heavy atom. The van der Waals surface area contributed by atoms with Crippen molar-refractivity contribution in [2.45, 2.75) is 25.4 Å². The second-order valence-electron chi connectivity index (χ2n) is 6.55. The molecule has 3 rings (SSSR count). The van der Waals surface area contributed by atoms with Crippen LogP contribution in [0.1, 0.15) is 18.4 Å². The van der Waals surface area contributed by atoms with Crippen LogP contribution < -0.4 is 11.1 Å². The Balaban J connectivity index is 0.00000169. The van der Waals surface area contributed by atoms with Crippen LogP contribution in [0.25, 0.3) is 0 Å². The van der Waals surface area contributed by atoms with Crippen molar-refractivity contribution in [3.05, 3.63) is 29.8 Å². The summed E-state index contributed by atoms with van der Waals surface area (Å²) in [6.07, 6.45) is 1.71. The number of carbonyl (C=O) groups excluding carboxylic acids is 1. The van der Waals surface area contributed by atoms with E-state index in [1.165, 1.54) is 5.56 Å². The van der Waals surface area contributed by atoms with Crippen molar-refractivity contribution in [2.75, 3.05) is 44.8 Å². The number of nitrogens with two attached hydrogens (primary N) is 1. The minimum Gasteiger partial charge on any atom is -0.381 e. The highest BCUT2D eigenvalue weighted by atomic mass is 35.5. The summed E-state index contributed by atoms with van der Waals surface area (Å²) >= 11 is 0. The van der Waals surface area contributed by atoms with Gasteiger partial charge in [0.1, 0.15) is 0 Å². The molecule has 0 spiro atoms. The first kappa shape index (κ1) is 23.1. The largest absolute Gasteiger partial charge is 0.381 e. The molecule has 6 nitrogen and oxygen atoms in total. The molecule has 1 aromatic rings. The predicted octanol–water partition coefficient (Wildman–Crippen LogP) is 2.05. The minimum absolute atomic E-state index is 0. The lowest BCUT2D eigenvalue weighted by Crippen LogP contribution is -2.44. The van der Waals surface area contributed by atoms with Gasteiger partial charge in [-0.25, -0.2) is 0 Å². The van der Waals surface area contributed by atoms with Gasteiger partial charge in [0, 0.05) is 38.5 Å². The molecule has 2 fully saturated rings. The SMILES string of the molecule is Cl.Cl.NC(C(=O)Nc1cccc(CN2CCOCC2)c1)C1CCOCC1. The fourth-order valence-electron chi connectivity index (χ4n) is 3.28. The number of carbonyl (C=O) groups is 1. The third-order valence-electron chi connectivity index (χ3n) is 4.78. The molecule has 0 aromatic heterocycles. The lowest BCUT2D eigenvalue weighted by atomic mass is 9.92. The monoisotopic (exact) mass is 405 g/mol. The Kier molecular flexibility index (Phi) is 10.5. The van der Waals surface area contributed by atoms with Gasteiger partial charge in [0.25, 0.3) is 0 Å². The number of morpholine rings is 1. The van der Waals surface area contributed by atoms with Crippen molar-refractivity contribution < 1.29 is 14.3 Å². The highest BCUT2D eigenvalue weighted by Gasteiger charge is 2.26. The molecular formula is C18H29Cl2N3O3. The van der Waals surface area contributed by atoms with Crippen LogP contribution >= 0.6 is 24.8 Å². The summed E-state index contributed by atoms with van der Waals surface area (Å²) in [4.78, 5) is 14.8. The van der Waals surface area contributed by atoms with Crippen molar-refractivity contribution in [1.82, 2.24) is 4.90 Å².